The van der Waals surface area contributed by atoms with E-state index >= 15 is 0 Å². The van der Waals surface area contributed by atoms with Crippen molar-refractivity contribution in [2.45, 2.75) is 13.0 Å². The zero-order valence-electron chi connectivity index (χ0n) is 14.2. The first kappa shape index (κ1) is 19.5. The summed E-state index contributed by atoms with van der Waals surface area (Å²) in [4.78, 5) is 36.7. The lowest BCUT2D eigenvalue weighted by atomic mass is 10.1. The van der Waals surface area contributed by atoms with Crippen LogP contribution in [0, 0.1) is 0 Å². The lowest BCUT2D eigenvalue weighted by Gasteiger charge is -2.16. The van der Waals surface area contributed by atoms with Crippen LogP contribution in [0.15, 0.2) is 47.1 Å². The fourth-order valence-corrected chi connectivity index (χ4v) is 2.16. The highest BCUT2D eigenvalue weighted by Crippen LogP contribution is 2.10. The molecule has 0 fully saturated rings. The number of nitrogens with one attached hydrogen (secondary N) is 1. The van der Waals surface area contributed by atoms with E-state index in [0.717, 1.165) is 5.56 Å². The number of nitrogens with zero attached hydrogens (tertiary/aromatic N) is 1. The van der Waals surface area contributed by atoms with Gasteiger partial charge in [0.05, 0.1) is 25.8 Å². The molecule has 0 unspecified atom stereocenters. The first-order valence-corrected chi connectivity index (χ1v) is 8.25. The van der Waals surface area contributed by atoms with E-state index in [1.807, 2.05) is 0 Å². The molecule has 0 radical (unpaired) electrons. The molecule has 0 atom stereocenters. The maximum atomic E-state index is 11.9. The predicted molar refractivity (Wildman–Crippen MR) is 94.3 cm³/mol. The monoisotopic (exact) mass is 378 g/mol. The van der Waals surface area contributed by atoms with Crippen molar-refractivity contribution in [3.8, 4) is 0 Å². The van der Waals surface area contributed by atoms with Gasteiger partial charge in [-0.2, -0.15) is 0 Å². The van der Waals surface area contributed by atoms with Gasteiger partial charge >= 0.3 is 5.97 Å². The minimum absolute atomic E-state index is 0.0395. The predicted octanol–water partition coefficient (Wildman–Crippen LogP) is 1.79. The molecule has 0 spiro atoms. The number of ether oxygens (including phenoxy) is 1. The number of halogens is 1. The quantitative estimate of drug-likeness (QED) is 0.707. The average molecular weight is 379 g/mol. The maximum Gasteiger partial charge on any atom is 0.310 e. The molecule has 0 aliphatic heterocycles. The third-order valence-electron chi connectivity index (χ3n) is 3.46. The fraction of sp³-hybridized carbons (Fsp3) is 0.278. The van der Waals surface area contributed by atoms with Crippen LogP contribution in [-0.2, 0) is 32.1 Å². The van der Waals surface area contributed by atoms with Gasteiger partial charge in [-0.1, -0.05) is 23.7 Å². The highest BCUT2D eigenvalue weighted by atomic mass is 35.5. The van der Waals surface area contributed by atoms with Gasteiger partial charge in [0, 0.05) is 12.1 Å². The lowest BCUT2D eigenvalue weighted by Crippen LogP contribution is -2.40. The Morgan fingerprint density at radius 3 is 2.58 bits per heavy atom. The molecule has 0 saturated carbocycles. The molecule has 7 nitrogen and oxygen atoms in total. The zero-order chi connectivity index (χ0) is 18.9. The topological polar surface area (TPSA) is 88.8 Å². The molecule has 0 aliphatic carbocycles. The number of likely N-dealkylation sites (N-methyl/N-ethyl adjacent to an activating group) is 1. The van der Waals surface area contributed by atoms with Crippen LogP contribution in [0.25, 0.3) is 0 Å². The summed E-state index contributed by atoms with van der Waals surface area (Å²) in [5.41, 5.74) is 0.734. The van der Waals surface area contributed by atoms with Crippen LogP contribution in [0.5, 0.6) is 0 Å². The third kappa shape index (κ3) is 6.60. The normalized spacial score (nSPS) is 10.2. The Morgan fingerprint density at radius 1 is 1.19 bits per heavy atom. The molecule has 2 rings (SSSR count). The number of hydrogen-bond donors (Lipinski definition) is 1. The molecule has 0 saturated heterocycles. The Labute approximate surface area is 155 Å². The van der Waals surface area contributed by atoms with E-state index < -0.39 is 18.5 Å². The summed E-state index contributed by atoms with van der Waals surface area (Å²) < 4.78 is 10.0. The smallest absolute Gasteiger partial charge is 0.310 e. The second-order valence-electron chi connectivity index (χ2n) is 5.57. The van der Waals surface area contributed by atoms with E-state index in [-0.39, 0.29) is 25.4 Å². The van der Waals surface area contributed by atoms with E-state index in [1.165, 1.54) is 18.2 Å². The maximum absolute atomic E-state index is 11.9. The second kappa shape index (κ2) is 9.62. The molecule has 0 bridgehead atoms. The minimum atomic E-state index is -0.531. The van der Waals surface area contributed by atoms with Crippen molar-refractivity contribution in [2.75, 3.05) is 20.2 Å². The Bertz CT molecular complexity index is 743. The average Bonchev–Trinajstić information content (AvgIpc) is 3.13. The molecule has 2 amide bonds. The van der Waals surface area contributed by atoms with Crippen molar-refractivity contribution >= 4 is 29.4 Å². The summed E-state index contributed by atoms with van der Waals surface area (Å²) in [7, 11) is 1.46. The number of carbonyl (C=O) groups is 3. The molecule has 26 heavy (non-hydrogen) atoms. The molecule has 1 aromatic carbocycles. The summed E-state index contributed by atoms with van der Waals surface area (Å²) in [6.07, 6.45) is 1.55. The number of esters is 1. The standard InChI is InChI=1S/C18H19ClN2O5/c1-21(11-16(22)20-10-15-3-2-8-25-15)17(23)12-26-18(24)9-13-4-6-14(19)7-5-13/h2-8H,9-12H2,1H3,(H,20,22). The largest absolute Gasteiger partial charge is 0.467 e. The first-order chi connectivity index (χ1) is 12.4. The van der Waals surface area contributed by atoms with Crippen LogP contribution in [0.4, 0.5) is 0 Å². The SMILES string of the molecule is CN(CC(=O)NCc1ccco1)C(=O)COC(=O)Cc1ccc(Cl)cc1. The summed E-state index contributed by atoms with van der Waals surface area (Å²) in [5.74, 6) is -0.729. The Kier molecular flexibility index (Phi) is 7.23. The minimum Gasteiger partial charge on any atom is -0.467 e. The van der Waals surface area contributed by atoms with Gasteiger partial charge in [-0.15, -0.1) is 0 Å². The van der Waals surface area contributed by atoms with Crippen molar-refractivity contribution < 1.29 is 23.5 Å². The van der Waals surface area contributed by atoms with Gasteiger partial charge in [-0.3, -0.25) is 14.4 Å². The Balaban J connectivity index is 1.68. The molecule has 2 aromatic rings. The molecule has 1 N–H and O–H groups in total. The van der Waals surface area contributed by atoms with Crippen LogP contribution in [-0.4, -0.2) is 42.9 Å². The Morgan fingerprint density at radius 2 is 1.92 bits per heavy atom. The molecule has 138 valence electrons. The van der Waals surface area contributed by atoms with Crippen molar-refractivity contribution in [1.82, 2.24) is 10.2 Å². The summed E-state index contributed by atoms with van der Waals surface area (Å²) >= 11 is 5.77. The van der Waals surface area contributed by atoms with Crippen LogP contribution in [0.1, 0.15) is 11.3 Å². The van der Waals surface area contributed by atoms with Crippen molar-refractivity contribution in [3.63, 3.8) is 0 Å². The highest BCUT2D eigenvalue weighted by Gasteiger charge is 2.15. The molecule has 0 aliphatic rings. The third-order valence-corrected chi connectivity index (χ3v) is 3.72. The first-order valence-electron chi connectivity index (χ1n) is 7.87. The van der Waals surface area contributed by atoms with Gasteiger partial charge in [0.2, 0.25) is 5.91 Å². The van der Waals surface area contributed by atoms with Gasteiger partial charge in [-0.25, -0.2) is 0 Å². The number of hydrogen-bond acceptors (Lipinski definition) is 5. The molecule has 1 aromatic heterocycles. The highest BCUT2D eigenvalue weighted by molar-refractivity contribution is 6.30. The van der Waals surface area contributed by atoms with Gasteiger partial charge in [0.25, 0.3) is 5.91 Å². The van der Waals surface area contributed by atoms with Gasteiger partial charge in [0.1, 0.15) is 5.76 Å². The zero-order valence-corrected chi connectivity index (χ0v) is 15.0. The van der Waals surface area contributed by atoms with Gasteiger partial charge in [0.15, 0.2) is 6.61 Å². The van der Waals surface area contributed by atoms with E-state index in [1.54, 1.807) is 36.4 Å². The Hall–Kier alpha value is -2.80. The number of benzene rings is 1. The van der Waals surface area contributed by atoms with Crippen LogP contribution in [0.3, 0.4) is 0 Å². The molecular formula is C18H19ClN2O5. The number of amides is 2. The number of rotatable bonds is 8. The van der Waals surface area contributed by atoms with Crippen molar-refractivity contribution in [2.24, 2.45) is 0 Å². The number of furan rings is 1. The fourth-order valence-electron chi connectivity index (χ4n) is 2.03. The van der Waals surface area contributed by atoms with E-state index in [2.05, 4.69) is 5.32 Å². The lowest BCUT2D eigenvalue weighted by molar-refractivity contribution is -0.151. The summed E-state index contributed by atoms with van der Waals surface area (Å²) in [5, 5.41) is 3.20. The summed E-state index contributed by atoms with van der Waals surface area (Å²) in [6.45, 7) is -0.327. The van der Waals surface area contributed by atoms with Crippen LogP contribution in [0.2, 0.25) is 5.02 Å². The number of carbonyl (C=O) groups excluding carboxylic acids is 3. The van der Waals surface area contributed by atoms with Gasteiger partial charge in [-0.05, 0) is 29.8 Å². The summed E-state index contributed by atoms with van der Waals surface area (Å²) in [6, 6.07) is 10.2. The molecule has 8 heteroatoms. The van der Waals surface area contributed by atoms with E-state index in [0.29, 0.717) is 10.8 Å². The molecular weight excluding hydrogens is 360 g/mol. The van der Waals surface area contributed by atoms with E-state index in [9.17, 15) is 14.4 Å². The van der Waals surface area contributed by atoms with Crippen molar-refractivity contribution in [3.05, 3.63) is 59.0 Å². The molecule has 1 heterocycles. The van der Waals surface area contributed by atoms with E-state index in [4.69, 9.17) is 20.8 Å². The van der Waals surface area contributed by atoms with Crippen LogP contribution >= 0.6 is 11.6 Å². The second-order valence-corrected chi connectivity index (χ2v) is 6.01. The van der Waals surface area contributed by atoms with Gasteiger partial charge < -0.3 is 19.4 Å². The van der Waals surface area contributed by atoms with Crippen LogP contribution < -0.4 is 5.32 Å². The van der Waals surface area contributed by atoms with Crippen molar-refractivity contribution in [1.29, 1.82) is 0 Å².